The van der Waals surface area contributed by atoms with E-state index < -0.39 is 6.16 Å². The Hall–Kier alpha value is -3.80. The van der Waals surface area contributed by atoms with E-state index in [1.807, 2.05) is 49.4 Å². The number of hydrogen-bond acceptors (Lipinski definition) is 4. The molecule has 0 unspecified atom stereocenters. The van der Waals surface area contributed by atoms with E-state index in [1.165, 1.54) is 0 Å². The van der Waals surface area contributed by atoms with Crippen molar-refractivity contribution in [3.05, 3.63) is 77.6 Å². The normalized spacial score (nSPS) is 11.1. The van der Waals surface area contributed by atoms with Gasteiger partial charge in [-0.1, -0.05) is 61.9 Å². The molecule has 0 aliphatic heterocycles. The van der Waals surface area contributed by atoms with Crippen LogP contribution >= 0.6 is 0 Å². The number of imidazole rings is 1. The number of phenols is 1. The minimum absolute atomic E-state index is 0.201. The molecule has 0 fully saturated rings. The molecule has 1 aromatic heterocycles. The molecule has 6 heteroatoms. The molecule has 32 heavy (non-hydrogen) atoms. The first kappa shape index (κ1) is 21.4. The largest absolute Gasteiger partial charge is 0.511 e. The molecule has 0 radical (unpaired) electrons. The van der Waals surface area contributed by atoms with Gasteiger partial charge in [0.15, 0.2) is 0 Å². The van der Waals surface area contributed by atoms with Gasteiger partial charge in [0.1, 0.15) is 22.8 Å². The summed E-state index contributed by atoms with van der Waals surface area (Å²) >= 11 is 0. The van der Waals surface area contributed by atoms with E-state index >= 15 is 0 Å². The maximum absolute atomic E-state index is 11.0. The van der Waals surface area contributed by atoms with Crippen LogP contribution in [0.2, 0.25) is 0 Å². The van der Waals surface area contributed by atoms with Crippen LogP contribution in [0.1, 0.15) is 36.7 Å². The minimum Gasteiger partial charge on any atom is -0.506 e. The number of phenolic OH excluding ortho intramolecular Hbond substituents is 1. The smallest absolute Gasteiger partial charge is 0.506 e. The standard InChI is InChI=1S/C26H26N2O4/c1-3-4-9-23-27-24-21(29)15-10-17(2)25(24)28(23)16-18-11-13-19(14-12-18)20-7-5-6-8-22(20)32-26(30)31/h5-8,10-15,29H,3-4,9,16H2,1-2H3,(H,30,31). The van der Waals surface area contributed by atoms with Crippen LogP contribution in [-0.2, 0) is 13.0 Å². The highest BCUT2D eigenvalue weighted by Gasteiger charge is 2.16. The Morgan fingerprint density at radius 1 is 1.06 bits per heavy atom. The van der Waals surface area contributed by atoms with Gasteiger partial charge in [0.25, 0.3) is 0 Å². The molecule has 0 saturated carbocycles. The highest BCUT2D eigenvalue weighted by atomic mass is 16.7. The summed E-state index contributed by atoms with van der Waals surface area (Å²) in [5, 5.41) is 19.3. The molecule has 0 amide bonds. The number of carboxylic acid groups (broad SMARTS) is 1. The first-order chi connectivity index (χ1) is 15.5. The second kappa shape index (κ2) is 9.14. The molecule has 0 spiro atoms. The van der Waals surface area contributed by atoms with Crippen molar-refractivity contribution in [3.8, 4) is 22.6 Å². The van der Waals surface area contributed by atoms with Crippen molar-refractivity contribution in [2.45, 2.75) is 39.7 Å². The third kappa shape index (κ3) is 4.30. The highest BCUT2D eigenvalue weighted by molar-refractivity contribution is 5.85. The number of nitrogens with zero attached hydrogens (tertiary/aromatic N) is 2. The van der Waals surface area contributed by atoms with Crippen LogP contribution in [0, 0.1) is 6.92 Å². The van der Waals surface area contributed by atoms with Crippen molar-refractivity contribution in [2.24, 2.45) is 0 Å². The predicted molar refractivity (Wildman–Crippen MR) is 124 cm³/mol. The van der Waals surface area contributed by atoms with Crippen LogP contribution in [0.15, 0.2) is 60.7 Å². The number of rotatable bonds is 7. The lowest BCUT2D eigenvalue weighted by Crippen LogP contribution is -2.06. The van der Waals surface area contributed by atoms with Crippen molar-refractivity contribution in [1.82, 2.24) is 9.55 Å². The first-order valence-corrected chi connectivity index (χ1v) is 10.7. The predicted octanol–water partition coefficient (Wildman–Crippen LogP) is 6.17. The van der Waals surface area contributed by atoms with E-state index in [1.54, 1.807) is 18.2 Å². The summed E-state index contributed by atoms with van der Waals surface area (Å²) in [7, 11) is 0. The third-order valence-corrected chi connectivity index (χ3v) is 5.60. The average Bonchev–Trinajstić information content (AvgIpc) is 3.15. The summed E-state index contributed by atoms with van der Waals surface area (Å²) in [6, 6.07) is 18.7. The summed E-state index contributed by atoms with van der Waals surface area (Å²) in [5.41, 5.74) is 5.36. The van der Waals surface area contributed by atoms with Gasteiger partial charge in [0.05, 0.1) is 5.52 Å². The second-order valence-electron chi connectivity index (χ2n) is 7.88. The Morgan fingerprint density at radius 2 is 1.81 bits per heavy atom. The lowest BCUT2D eigenvalue weighted by molar-refractivity contribution is 0.144. The zero-order valence-corrected chi connectivity index (χ0v) is 18.2. The fourth-order valence-electron chi connectivity index (χ4n) is 4.00. The molecule has 0 saturated heterocycles. The van der Waals surface area contributed by atoms with Gasteiger partial charge < -0.3 is 19.5 Å². The number of aromatic hydroxyl groups is 1. The van der Waals surface area contributed by atoms with E-state index in [4.69, 9.17) is 14.8 Å². The van der Waals surface area contributed by atoms with Crippen LogP contribution in [0.3, 0.4) is 0 Å². The number of benzene rings is 3. The molecule has 2 N–H and O–H groups in total. The van der Waals surface area contributed by atoms with E-state index in [0.29, 0.717) is 17.8 Å². The zero-order valence-electron chi connectivity index (χ0n) is 18.2. The van der Waals surface area contributed by atoms with Gasteiger partial charge in [-0.2, -0.15) is 0 Å². The summed E-state index contributed by atoms with van der Waals surface area (Å²) in [5.74, 6) is 1.48. The SMILES string of the molecule is CCCCc1nc2c(O)ccc(C)c2n1Cc1ccc(-c2ccccc2OC(=O)O)cc1. The van der Waals surface area contributed by atoms with Gasteiger partial charge in [-0.3, -0.25) is 0 Å². The Balaban J connectivity index is 1.69. The number of unbranched alkanes of at least 4 members (excludes halogenated alkanes) is 1. The molecular formula is C26H26N2O4. The topological polar surface area (TPSA) is 84.6 Å². The van der Waals surface area contributed by atoms with Crippen molar-refractivity contribution in [1.29, 1.82) is 0 Å². The molecule has 0 bridgehead atoms. The van der Waals surface area contributed by atoms with Gasteiger partial charge in [-0.05, 0) is 42.2 Å². The molecule has 4 aromatic rings. The average molecular weight is 431 g/mol. The maximum atomic E-state index is 11.0. The third-order valence-electron chi connectivity index (χ3n) is 5.60. The molecule has 4 rings (SSSR count). The first-order valence-electron chi connectivity index (χ1n) is 10.7. The number of fused-ring (bicyclic) bond motifs is 1. The fourth-order valence-corrected chi connectivity index (χ4v) is 4.00. The quantitative estimate of drug-likeness (QED) is 0.271. The maximum Gasteiger partial charge on any atom is 0.511 e. The van der Waals surface area contributed by atoms with Crippen molar-refractivity contribution < 1.29 is 19.7 Å². The number of hydrogen-bond donors (Lipinski definition) is 2. The Bertz CT molecular complexity index is 1260. The number of carbonyl (C=O) groups is 1. The van der Waals surface area contributed by atoms with Gasteiger partial charge in [-0.15, -0.1) is 0 Å². The molecule has 3 aromatic carbocycles. The minimum atomic E-state index is -1.33. The Kier molecular flexibility index (Phi) is 6.12. The zero-order chi connectivity index (χ0) is 22.7. The van der Waals surface area contributed by atoms with Crippen molar-refractivity contribution >= 4 is 17.2 Å². The summed E-state index contributed by atoms with van der Waals surface area (Å²) in [4.78, 5) is 15.8. The molecule has 6 nitrogen and oxygen atoms in total. The molecular weight excluding hydrogens is 404 g/mol. The summed E-state index contributed by atoms with van der Waals surface area (Å²) in [6.07, 6.45) is 1.62. The fraction of sp³-hybridized carbons (Fsp3) is 0.231. The van der Waals surface area contributed by atoms with Gasteiger partial charge in [0, 0.05) is 18.5 Å². The van der Waals surface area contributed by atoms with Crippen LogP contribution in [-0.4, -0.2) is 25.9 Å². The number of aryl methyl sites for hydroxylation is 2. The van der Waals surface area contributed by atoms with E-state index in [9.17, 15) is 9.90 Å². The monoisotopic (exact) mass is 430 g/mol. The van der Waals surface area contributed by atoms with Gasteiger partial charge >= 0.3 is 6.16 Å². The molecule has 0 aliphatic rings. The summed E-state index contributed by atoms with van der Waals surface area (Å²) < 4.78 is 7.11. The molecule has 0 atom stereocenters. The lowest BCUT2D eigenvalue weighted by atomic mass is 10.0. The van der Waals surface area contributed by atoms with E-state index in [2.05, 4.69) is 11.5 Å². The number of para-hydroxylation sites is 1. The van der Waals surface area contributed by atoms with Crippen LogP contribution in [0.25, 0.3) is 22.2 Å². The molecule has 164 valence electrons. The lowest BCUT2D eigenvalue weighted by Gasteiger charge is -2.12. The van der Waals surface area contributed by atoms with Crippen LogP contribution in [0.4, 0.5) is 4.79 Å². The highest BCUT2D eigenvalue weighted by Crippen LogP contribution is 2.32. The number of aromatic nitrogens is 2. The Morgan fingerprint density at radius 3 is 2.53 bits per heavy atom. The molecule has 0 aliphatic carbocycles. The van der Waals surface area contributed by atoms with Crippen molar-refractivity contribution in [3.63, 3.8) is 0 Å². The van der Waals surface area contributed by atoms with Crippen LogP contribution in [0.5, 0.6) is 11.5 Å². The van der Waals surface area contributed by atoms with E-state index in [-0.39, 0.29) is 5.75 Å². The van der Waals surface area contributed by atoms with Crippen molar-refractivity contribution in [2.75, 3.05) is 0 Å². The van der Waals surface area contributed by atoms with Gasteiger partial charge in [-0.25, -0.2) is 9.78 Å². The van der Waals surface area contributed by atoms with Gasteiger partial charge in [0.2, 0.25) is 0 Å². The Labute approximate surface area is 186 Å². The second-order valence-corrected chi connectivity index (χ2v) is 7.88. The molecule has 1 heterocycles. The van der Waals surface area contributed by atoms with Crippen LogP contribution < -0.4 is 4.74 Å². The summed E-state index contributed by atoms with van der Waals surface area (Å²) in [6.45, 7) is 4.82. The number of ether oxygens (including phenoxy) is 1. The van der Waals surface area contributed by atoms with E-state index in [0.717, 1.165) is 52.9 Å².